The second kappa shape index (κ2) is 73.2. The summed E-state index contributed by atoms with van der Waals surface area (Å²) in [4.78, 5) is 35.3. The number of carbonyl (C=O) groups is 2. The molecule has 0 radical (unpaired) electrons. The molecule has 89 heavy (non-hydrogen) atoms. The number of rotatable bonds is 68. The summed E-state index contributed by atoms with van der Waals surface area (Å²) in [7, 11) is -4.42. The summed E-state index contributed by atoms with van der Waals surface area (Å²) in [6.45, 7) is 3.57. The lowest BCUT2D eigenvalue weighted by atomic mass is 10.0. The first-order chi connectivity index (χ1) is 43.8. The van der Waals surface area contributed by atoms with Crippen LogP contribution in [0.2, 0.25) is 0 Å². The van der Waals surface area contributed by atoms with Crippen molar-refractivity contribution >= 4 is 19.8 Å². The zero-order valence-electron chi connectivity index (χ0n) is 57.4. The first-order valence-electron chi connectivity index (χ1n) is 36.7. The van der Waals surface area contributed by atoms with Crippen LogP contribution in [-0.4, -0.2) is 49.3 Å². The number of esters is 2. The van der Waals surface area contributed by atoms with Gasteiger partial charge in [-0.3, -0.25) is 18.6 Å². The number of hydrogen-bond acceptors (Lipinski definition) is 8. The predicted molar refractivity (Wildman–Crippen MR) is 385 cm³/mol. The number of ether oxygens (including phenoxy) is 2. The van der Waals surface area contributed by atoms with Gasteiger partial charge >= 0.3 is 19.8 Å². The van der Waals surface area contributed by atoms with E-state index in [1.807, 2.05) is 6.08 Å². The van der Waals surface area contributed by atoms with Gasteiger partial charge in [0.15, 0.2) is 6.10 Å². The highest BCUT2D eigenvalue weighted by Crippen LogP contribution is 2.43. The van der Waals surface area contributed by atoms with Gasteiger partial charge in [0.05, 0.1) is 13.2 Å². The minimum Gasteiger partial charge on any atom is -0.462 e. The van der Waals surface area contributed by atoms with E-state index in [0.717, 1.165) is 83.5 Å². The van der Waals surface area contributed by atoms with E-state index in [1.165, 1.54) is 199 Å². The fourth-order valence-corrected chi connectivity index (χ4v) is 10.9. The molecule has 0 fully saturated rings. The van der Waals surface area contributed by atoms with Crippen LogP contribution in [0.15, 0.2) is 134 Å². The second-order valence-electron chi connectivity index (χ2n) is 24.1. The standard InChI is InChI=1S/C79H136NO8P/c1-3-5-7-9-11-13-15-17-19-21-23-25-27-29-31-33-34-35-36-37-38-39-40-41-42-44-45-47-49-51-53-55-57-59-61-63-65-67-69-71-78(81)85-75-77(76-87-89(83,84)86-74-73-80)88-79(82)72-70-68-66-64-62-60-58-56-54-52-50-48-46-43-32-30-28-26-24-22-20-18-16-14-12-10-8-6-4-2/h6,8,12,14-15,17-18,20-21,23-24,26,30,32,46,48,52,54,58,60,64,66,77H,3-5,7,9-11,13,16,19,22,25,27-29,31,33-45,47,49-51,53,55-57,59,61-63,65,67-76,80H2,1-2H3,(H,83,84)/b8-6-,14-12-,17-15-,20-18-,23-21-,26-24-,32-30-,48-46-,54-52-,60-58-,66-64-. The highest BCUT2D eigenvalue weighted by atomic mass is 31.2. The van der Waals surface area contributed by atoms with Gasteiger partial charge in [-0.05, 0) is 109 Å². The lowest BCUT2D eigenvalue weighted by molar-refractivity contribution is -0.161. The summed E-state index contributed by atoms with van der Waals surface area (Å²) >= 11 is 0. The molecule has 0 rings (SSSR count). The molecule has 3 N–H and O–H groups in total. The molecule has 9 nitrogen and oxygen atoms in total. The van der Waals surface area contributed by atoms with Crippen LogP contribution in [0.4, 0.5) is 0 Å². The van der Waals surface area contributed by atoms with Crippen molar-refractivity contribution in [3.8, 4) is 0 Å². The molecule has 0 aliphatic carbocycles. The molecule has 0 aromatic carbocycles. The minimum absolute atomic E-state index is 0.0387. The highest BCUT2D eigenvalue weighted by Gasteiger charge is 2.26. The van der Waals surface area contributed by atoms with Crippen LogP contribution in [0, 0.1) is 0 Å². The molecule has 0 aliphatic rings. The average Bonchev–Trinajstić information content (AvgIpc) is 3.68. The Morgan fingerprint density at radius 3 is 0.955 bits per heavy atom. The number of phosphoric ester groups is 1. The molecule has 10 heteroatoms. The van der Waals surface area contributed by atoms with Gasteiger partial charge in [0, 0.05) is 19.4 Å². The Kier molecular flexibility index (Phi) is 70.0. The molecule has 0 amide bonds. The van der Waals surface area contributed by atoms with Gasteiger partial charge in [0.1, 0.15) is 6.61 Å². The lowest BCUT2D eigenvalue weighted by Crippen LogP contribution is -2.29. The van der Waals surface area contributed by atoms with Crippen molar-refractivity contribution in [2.24, 2.45) is 5.73 Å². The Bertz CT molecular complexity index is 1920. The quantitative estimate of drug-likeness (QED) is 0.0264. The van der Waals surface area contributed by atoms with Crippen molar-refractivity contribution < 1.29 is 37.6 Å². The summed E-state index contributed by atoms with van der Waals surface area (Å²) in [6, 6.07) is 0. The van der Waals surface area contributed by atoms with E-state index in [9.17, 15) is 19.0 Å². The Morgan fingerprint density at radius 2 is 0.629 bits per heavy atom. The van der Waals surface area contributed by atoms with Gasteiger partial charge < -0.3 is 20.1 Å². The molecule has 2 unspecified atom stereocenters. The van der Waals surface area contributed by atoms with Gasteiger partial charge in [-0.2, -0.15) is 0 Å². The van der Waals surface area contributed by atoms with Crippen molar-refractivity contribution in [2.75, 3.05) is 26.4 Å². The van der Waals surface area contributed by atoms with Crippen LogP contribution in [-0.2, 0) is 32.7 Å². The first-order valence-corrected chi connectivity index (χ1v) is 38.2. The van der Waals surface area contributed by atoms with Crippen molar-refractivity contribution in [1.82, 2.24) is 0 Å². The average molecular weight is 1260 g/mol. The van der Waals surface area contributed by atoms with Gasteiger partial charge in [0.2, 0.25) is 0 Å². The van der Waals surface area contributed by atoms with Crippen molar-refractivity contribution in [3.63, 3.8) is 0 Å². The number of hydrogen-bond donors (Lipinski definition) is 2. The maximum absolute atomic E-state index is 12.7. The predicted octanol–water partition coefficient (Wildman–Crippen LogP) is 24.4. The van der Waals surface area contributed by atoms with E-state index in [-0.39, 0.29) is 32.6 Å². The second-order valence-corrected chi connectivity index (χ2v) is 25.5. The molecule has 0 aliphatic heterocycles. The van der Waals surface area contributed by atoms with Crippen LogP contribution in [0.5, 0.6) is 0 Å². The smallest absolute Gasteiger partial charge is 0.462 e. The molecule has 0 aromatic rings. The van der Waals surface area contributed by atoms with Crippen molar-refractivity contribution in [1.29, 1.82) is 0 Å². The Morgan fingerprint density at radius 1 is 0.348 bits per heavy atom. The fourth-order valence-electron chi connectivity index (χ4n) is 10.1. The largest absolute Gasteiger partial charge is 0.472 e. The van der Waals surface area contributed by atoms with Gasteiger partial charge in [0.25, 0.3) is 0 Å². The van der Waals surface area contributed by atoms with E-state index in [4.69, 9.17) is 24.3 Å². The van der Waals surface area contributed by atoms with Crippen molar-refractivity contribution in [3.05, 3.63) is 134 Å². The topological polar surface area (TPSA) is 134 Å². The third-order valence-corrected chi connectivity index (χ3v) is 16.5. The van der Waals surface area contributed by atoms with Crippen LogP contribution < -0.4 is 5.73 Å². The summed E-state index contributed by atoms with van der Waals surface area (Å²) in [5.41, 5.74) is 5.40. The van der Waals surface area contributed by atoms with E-state index < -0.39 is 32.5 Å². The number of unbranched alkanes of at least 4 members (excludes halogenated alkanes) is 33. The number of phosphoric acid groups is 1. The van der Waals surface area contributed by atoms with E-state index >= 15 is 0 Å². The van der Waals surface area contributed by atoms with Crippen molar-refractivity contribution in [2.45, 2.75) is 328 Å². The van der Waals surface area contributed by atoms with E-state index in [2.05, 4.69) is 141 Å². The molecular formula is C79H136NO8P. The number of nitrogens with two attached hydrogens (primary N) is 1. The third-order valence-electron chi connectivity index (χ3n) is 15.5. The molecule has 0 saturated carbocycles. The molecule has 0 aromatic heterocycles. The Balaban J connectivity index is 3.90. The van der Waals surface area contributed by atoms with Crippen LogP contribution in [0.25, 0.3) is 0 Å². The fraction of sp³-hybridized carbons (Fsp3) is 0.696. The van der Waals surface area contributed by atoms with Crippen LogP contribution in [0.3, 0.4) is 0 Å². The Labute approximate surface area is 548 Å². The summed E-state index contributed by atoms with van der Waals surface area (Å²) < 4.78 is 33.1. The molecule has 0 spiro atoms. The summed E-state index contributed by atoms with van der Waals surface area (Å²) in [5, 5.41) is 0. The normalized spacial score (nSPS) is 13.7. The Hall–Kier alpha value is -3.85. The first kappa shape index (κ1) is 85.2. The molecular weight excluding hydrogens is 1120 g/mol. The molecule has 510 valence electrons. The maximum Gasteiger partial charge on any atom is 0.472 e. The maximum atomic E-state index is 12.7. The zero-order valence-corrected chi connectivity index (χ0v) is 58.3. The molecule has 0 saturated heterocycles. The van der Waals surface area contributed by atoms with Gasteiger partial charge in [-0.15, -0.1) is 0 Å². The van der Waals surface area contributed by atoms with Gasteiger partial charge in [-0.1, -0.05) is 334 Å². The zero-order chi connectivity index (χ0) is 64.4. The van der Waals surface area contributed by atoms with E-state index in [0.29, 0.717) is 12.8 Å². The number of allylic oxidation sites excluding steroid dienone is 22. The van der Waals surface area contributed by atoms with Gasteiger partial charge in [-0.25, -0.2) is 4.57 Å². The van der Waals surface area contributed by atoms with Crippen LogP contribution >= 0.6 is 7.82 Å². The highest BCUT2D eigenvalue weighted by molar-refractivity contribution is 7.47. The monoisotopic (exact) mass is 1260 g/mol. The minimum atomic E-state index is -4.42. The summed E-state index contributed by atoms with van der Waals surface area (Å²) in [6.07, 6.45) is 104. The van der Waals surface area contributed by atoms with Crippen LogP contribution in [0.1, 0.15) is 322 Å². The molecule has 0 heterocycles. The SMILES string of the molecule is CC/C=C\C/C=C\C/C=C\C/C=C\C/C=C\C/C=C\C/C=C\C/C=C\C/C=C\CCCC(=O)OC(COC(=O)CCCCCCCCCCCCCCCCCCCCCCCCCCCCC/C=C\C/C=C\CCCCCCC)COP(=O)(O)OCCN. The number of carbonyl (C=O) groups excluding carboxylic acids is 2. The van der Waals surface area contributed by atoms with E-state index in [1.54, 1.807) is 0 Å². The third kappa shape index (κ3) is 73.1. The lowest BCUT2D eigenvalue weighted by Gasteiger charge is -2.19. The molecule has 2 atom stereocenters. The molecule has 0 bridgehead atoms. The summed E-state index contributed by atoms with van der Waals surface area (Å²) in [5.74, 6) is -0.895.